The fourth-order valence-corrected chi connectivity index (χ4v) is 4.58. The maximum absolute atomic E-state index is 12.8. The molecule has 0 saturated carbocycles. The number of imide groups is 1. The number of amides is 4. The molecule has 1 fully saturated rings. The van der Waals surface area contributed by atoms with E-state index in [0.29, 0.717) is 11.1 Å². The second kappa shape index (κ2) is 6.25. The van der Waals surface area contributed by atoms with Crippen LogP contribution < -0.4 is 16.0 Å². The van der Waals surface area contributed by atoms with Crippen molar-refractivity contribution in [2.45, 2.75) is 37.8 Å². The van der Waals surface area contributed by atoms with Crippen molar-refractivity contribution >= 4 is 29.2 Å². The minimum atomic E-state index is -1.17. The minimum absolute atomic E-state index is 0.0197. The molecule has 2 unspecified atom stereocenters. The maximum atomic E-state index is 12.8. The lowest BCUT2D eigenvalue weighted by molar-refractivity contribution is -0.123. The molecule has 26 heavy (non-hydrogen) atoms. The number of hydrogen-bond donors (Lipinski definition) is 3. The van der Waals surface area contributed by atoms with E-state index < -0.39 is 17.5 Å². The monoisotopic (exact) mass is 369 g/mol. The van der Waals surface area contributed by atoms with E-state index in [2.05, 4.69) is 27.4 Å². The van der Waals surface area contributed by atoms with Crippen LogP contribution in [0.3, 0.4) is 0 Å². The van der Waals surface area contributed by atoms with Crippen molar-refractivity contribution in [1.29, 1.82) is 0 Å². The molecule has 1 saturated heterocycles. The number of urea groups is 1. The summed E-state index contributed by atoms with van der Waals surface area (Å²) >= 11 is 1.74. The Bertz CT molecular complexity index is 907. The van der Waals surface area contributed by atoms with E-state index in [1.165, 1.54) is 10.4 Å². The van der Waals surface area contributed by atoms with Gasteiger partial charge in [0, 0.05) is 10.4 Å². The van der Waals surface area contributed by atoms with Gasteiger partial charge in [-0.05, 0) is 60.9 Å². The molecule has 1 aromatic heterocycles. The molecule has 3 N–H and O–H groups in total. The van der Waals surface area contributed by atoms with Gasteiger partial charge in [0.1, 0.15) is 5.54 Å². The molecule has 6 nitrogen and oxygen atoms in total. The molecule has 4 amide bonds. The molecule has 2 heterocycles. The van der Waals surface area contributed by atoms with Crippen molar-refractivity contribution < 1.29 is 14.4 Å². The Kier molecular flexibility index (Phi) is 4.03. The average molecular weight is 369 g/mol. The van der Waals surface area contributed by atoms with E-state index >= 15 is 0 Å². The van der Waals surface area contributed by atoms with Crippen LogP contribution in [0.5, 0.6) is 0 Å². The summed E-state index contributed by atoms with van der Waals surface area (Å²) in [6.45, 7) is 1.63. The van der Waals surface area contributed by atoms with Gasteiger partial charge in [-0.1, -0.05) is 12.1 Å². The van der Waals surface area contributed by atoms with Crippen LogP contribution in [0.15, 0.2) is 35.7 Å². The quantitative estimate of drug-likeness (QED) is 0.727. The van der Waals surface area contributed by atoms with E-state index in [-0.39, 0.29) is 11.9 Å². The number of rotatable bonds is 3. The third-order valence-electron chi connectivity index (χ3n) is 5.10. The first kappa shape index (κ1) is 16.8. The van der Waals surface area contributed by atoms with Crippen molar-refractivity contribution in [3.05, 3.63) is 57.3 Å². The summed E-state index contributed by atoms with van der Waals surface area (Å²) in [6, 6.07) is 8.42. The third kappa shape index (κ3) is 2.78. The molecule has 4 rings (SSSR count). The van der Waals surface area contributed by atoms with Gasteiger partial charge in [0.15, 0.2) is 0 Å². The van der Waals surface area contributed by atoms with Crippen molar-refractivity contribution in [1.82, 2.24) is 16.0 Å². The highest BCUT2D eigenvalue weighted by atomic mass is 32.1. The molecule has 7 heteroatoms. The third-order valence-corrected chi connectivity index (χ3v) is 6.10. The van der Waals surface area contributed by atoms with Crippen LogP contribution in [0.4, 0.5) is 4.79 Å². The van der Waals surface area contributed by atoms with E-state index in [4.69, 9.17) is 0 Å². The lowest BCUT2D eigenvalue weighted by Gasteiger charge is -2.24. The smallest absolute Gasteiger partial charge is 0.322 e. The topological polar surface area (TPSA) is 87.3 Å². The van der Waals surface area contributed by atoms with Crippen molar-refractivity contribution in [2.75, 3.05) is 0 Å². The number of nitrogens with one attached hydrogen (secondary N) is 3. The minimum Gasteiger partial charge on any atom is -0.345 e. The van der Waals surface area contributed by atoms with Gasteiger partial charge in [-0.3, -0.25) is 14.9 Å². The summed E-state index contributed by atoms with van der Waals surface area (Å²) in [6.07, 6.45) is 3.05. The molecular formula is C19H19N3O3S. The fourth-order valence-electron chi connectivity index (χ4n) is 3.60. The van der Waals surface area contributed by atoms with Gasteiger partial charge in [0.05, 0.1) is 6.04 Å². The molecule has 1 aliphatic carbocycles. The number of thiophene rings is 1. The Balaban J connectivity index is 1.57. The average Bonchev–Trinajstić information content (AvgIpc) is 3.20. The number of carbonyl (C=O) groups excluding carboxylic acids is 3. The lowest BCUT2D eigenvalue weighted by Crippen LogP contribution is -2.40. The summed E-state index contributed by atoms with van der Waals surface area (Å²) in [5.41, 5.74) is 1.09. The van der Waals surface area contributed by atoms with Gasteiger partial charge in [-0.25, -0.2) is 4.79 Å². The van der Waals surface area contributed by atoms with Crippen molar-refractivity contribution in [3.8, 4) is 0 Å². The molecule has 134 valence electrons. The SMILES string of the molecule is CC1(c2cccc(C(=O)NC3CCCc4sccc43)c2)NC(=O)NC1=O. The maximum Gasteiger partial charge on any atom is 0.322 e. The van der Waals surface area contributed by atoms with E-state index in [1.807, 2.05) is 0 Å². The largest absolute Gasteiger partial charge is 0.345 e. The number of hydrogen-bond acceptors (Lipinski definition) is 4. The molecule has 1 aromatic carbocycles. The highest BCUT2D eigenvalue weighted by Crippen LogP contribution is 2.33. The van der Waals surface area contributed by atoms with Gasteiger partial charge in [-0.15, -0.1) is 11.3 Å². The molecule has 2 atom stereocenters. The standard InChI is InChI=1S/C19H19N3O3S/c1-19(17(24)21-18(25)22-19)12-5-2-4-11(10-12)16(23)20-14-6-3-7-15-13(14)8-9-26-15/h2,4-5,8-10,14H,3,6-7H2,1H3,(H,20,23)(H2,21,22,24,25). The van der Waals surface area contributed by atoms with Crippen LogP contribution in [0.2, 0.25) is 0 Å². The van der Waals surface area contributed by atoms with Crippen LogP contribution in [0, 0.1) is 0 Å². The van der Waals surface area contributed by atoms with Gasteiger partial charge in [0.2, 0.25) is 0 Å². The second-order valence-corrected chi connectivity index (χ2v) is 7.83. The summed E-state index contributed by atoms with van der Waals surface area (Å²) in [5.74, 6) is -0.598. The van der Waals surface area contributed by atoms with E-state index in [1.54, 1.807) is 42.5 Å². The predicted octanol–water partition coefficient (Wildman–Crippen LogP) is 2.61. The van der Waals surface area contributed by atoms with Crippen LogP contribution in [-0.2, 0) is 16.8 Å². The Labute approximate surface area is 155 Å². The molecule has 2 aromatic rings. The van der Waals surface area contributed by atoms with Gasteiger partial charge in [0.25, 0.3) is 11.8 Å². The van der Waals surface area contributed by atoms with Crippen molar-refractivity contribution in [3.63, 3.8) is 0 Å². The van der Waals surface area contributed by atoms with E-state index in [9.17, 15) is 14.4 Å². The molecule has 1 aliphatic heterocycles. The van der Waals surface area contributed by atoms with Gasteiger partial charge in [-0.2, -0.15) is 0 Å². The summed E-state index contributed by atoms with van der Waals surface area (Å²) in [7, 11) is 0. The highest BCUT2D eigenvalue weighted by Gasteiger charge is 2.43. The lowest BCUT2D eigenvalue weighted by atomic mass is 9.90. The summed E-state index contributed by atoms with van der Waals surface area (Å²) in [5, 5.41) is 10.0. The first-order valence-electron chi connectivity index (χ1n) is 8.58. The zero-order chi connectivity index (χ0) is 18.3. The Morgan fingerprint density at radius 3 is 2.92 bits per heavy atom. The van der Waals surface area contributed by atoms with Gasteiger partial charge < -0.3 is 10.6 Å². The molecule has 0 spiro atoms. The molecular weight excluding hydrogens is 350 g/mol. The van der Waals surface area contributed by atoms with Gasteiger partial charge >= 0.3 is 6.03 Å². The summed E-state index contributed by atoms with van der Waals surface area (Å²) < 4.78 is 0. The van der Waals surface area contributed by atoms with Crippen LogP contribution >= 0.6 is 11.3 Å². The zero-order valence-electron chi connectivity index (χ0n) is 14.3. The first-order chi connectivity index (χ1) is 12.5. The Hall–Kier alpha value is -2.67. The molecule has 0 bridgehead atoms. The predicted molar refractivity (Wildman–Crippen MR) is 97.9 cm³/mol. The number of benzene rings is 1. The highest BCUT2D eigenvalue weighted by molar-refractivity contribution is 7.10. The fraction of sp³-hybridized carbons (Fsp3) is 0.316. The normalized spacial score (nSPS) is 24.6. The Morgan fingerprint density at radius 1 is 1.31 bits per heavy atom. The number of aryl methyl sites for hydroxylation is 1. The Morgan fingerprint density at radius 2 is 2.15 bits per heavy atom. The molecule has 0 radical (unpaired) electrons. The zero-order valence-corrected chi connectivity index (χ0v) is 15.1. The first-order valence-corrected chi connectivity index (χ1v) is 9.46. The van der Waals surface area contributed by atoms with Crippen LogP contribution in [0.1, 0.15) is 52.2 Å². The van der Waals surface area contributed by atoms with Crippen molar-refractivity contribution in [2.24, 2.45) is 0 Å². The number of fused-ring (bicyclic) bond motifs is 1. The van der Waals surface area contributed by atoms with Crippen LogP contribution in [-0.4, -0.2) is 17.8 Å². The van der Waals surface area contributed by atoms with Crippen LogP contribution in [0.25, 0.3) is 0 Å². The second-order valence-electron chi connectivity index (χ2n) is 6.83. The summed E-state index contributed by atoms with van der Waals surface area (Å²) in [4.78, 5) is 37.7. The number of carbonyl (C=O) groups is 3. The van der Waals surface area contributed by atoms with E-state index in [0.717, 1.165) is 19.3 Å². The molecule has 2 aliphatic rings.